The van der Waals surface area contributed by atoms with Crippen LogP contribution in [0.15, 0.2) is 30.3 Å². The minimum atomic E-state index is -0.391. The van der Waals surface area contributed by atoms with Gasteiger partial charge in [0.15, 0.2) is 0 Å². The molecule has 2 N–H and O–H groups in total. The molecule has 4 nitrogen and oxygen atoms in total. The summed E-state index contributed by atoms with van der Waals surface area (Å²) in [6.07, 6.45) is 1.78. The van der Waals surface area contributed by atoms with Crippen molar-refractivity contribution in [3.05, 3.63) is 35.9 Å². The van der Waals surface area contributed by atoms with Crippen LogP contribution < -0.4 is 5.73 Å². The van der Waals surface area contributed by atoms with Gasteiger partial charge in [-0.15, -0.1) is 0 Å². The highest BCUT2D eigenvalue weighted by Crippen LogP contribution is 2.21. The van der Waals surface area contributed by atoms with E-state index in [9.17, 15) is 9.59 Å². The minimum absolute atomic E-state index is 0.0738. The Morgan fingerprint density at radius 3 is 2.72 bits per heavy atom. The van der Waals surface area contributed by atoms with Crippen LogP contribution in [0.5, 0.6) is 0 Å². The first-order valence-electron chi connectivity index (χ1n) is 6.28. The van der Waals surface area contributed by atoms with Gasteiger partial charge in [-0.05, 0) is 18.4 Å². The zero-order valence-corrected chi connectivity index (χ0v) is 10.3. The lowest BCUT2D eigenvalue weighted by molar-refractivity contribution is -0.133. The van der Waals surface area contributed by atoms with Crippen LogP contribution in [0.25, 0.3) is 0 Å². The third-order valence-electron chi connectivity index (χ3n) is 3.37. The number of carbonyl (C=O) groups is 2. The van der Waals surface area contributed by atoms with Crippen LogP contribution in [0.2, 0.25) is 0 Å². The normalized spacial score (nSPS) is 19.2. The predicted molar refractivity (Wildman–Crippen MR) is 68.6 cm³/mol. The first kappa shape index (κ1) is 12.6. The van der Waals surface area contributed by atoms with Crippen molar-refractivity contribution in [2.75, 3.05) is 13.1 Å². The number of likely N-dealkylation sites (tertiary alicyclic amines) is 1. The van der Waals surface area contributed by atoms with Gasteiger partial charge in [0.25, 0.3) is 0 Å². The SMILES string of the molecule is NC(=O)CC1CCN(CCc2ccccc2)C1=O. The van der Waals surface area contributed by atoms with E-state index in [0.29, 0.717) is 0 Å². The fourth-order valence-electron chi connectivity index (χ4n) is 2.37. The predicted octanol–water partition coefficient (Wildman–Crippen LogP) is 0.953. The number of benzene rings is 1. The van der Waals surface area contributed by atoms with Crippen molar-refractivity contribution in [2.24, 2.45) is 11.7 Å². The number of nitrogens with two attached hydrogens (primary N) is 1. The Kier molecular flexibility index (Phi) is 3.97. The second kappa shape index (κ2) is 5.67. The molecule has 1 heterocycles. The molecule has 0 spiro atoms. The Hall–Kier alpha value is -1.84. The molecule has 0 aliphatic carbocycles. The maximum absolute atomic E-state index is 12.0. The van der Waals surface area contributed by atoms with Crippen molar-refractivity contribution in [3.8, 4) is 0 Å². The summed E-state index contributed by atoms with van der Waals surface area (Å²) in [6.45, 7) is 1.46. The maximum atomic E-state index is 12.0. The van der Waals surface area contributed by atoms with Crippen LogP contribution in [0.3, 0.4) is 0 Å². The van der Waals surface area contributed by atoms with E-state index in [0.717, 1.165) is 25.9 Å². The van der Waals surface area contributed by atoms with E-state index in [1.807, 2.05) is 23.1 Å². The molecule has 1 aliphatic rings. The van der Waals surface area contributed by atoms with Gasteiger partial charge in [-0.2, -0.15) is 0 Å². The summed E-state index contributed by atoms with van der Waals surface area (Å²) in [6, 6.07) is 10.1. The van der Waals surface area contributed by atoms with E-state index >= 15 is 0 Å². The van der Waals surface area contributed by atoms with Crippen LogP contribution in [-0.4, -0.2) is 29.8 Å². The largest absolute Gasteiger partial charge is 0.370 e. The minimum Gasteiger partial charge on any atom is -0.370 e. The maximum Gasteiger partial charge on any atom is 0.226 e. The van der Waals surface area contributed by atoms with Gasteiger partial charge < -0.3 is 10.6 Å². The highest BCUT2D eigenvalue weighted by Gasteiger charge is 2.31. The number of amides is 2. The highest BCUT2D eigenvalue weighted by atomic mass is 16.2. The van der Waals surface area contributed by atoms with Crippen molar-refractivity contribution in [1.29, 1.82) is 0 Å². The monoisotopic (exact) mass is 246 g/mol. The number of hydrogen-bond donors (Lipinski definition) is 1. The molecule has 0 saturated carbocycles. The number of rotatable bonds is 5. The average Bonchev–Trinajstić information content (AvgIpc) is 2.69. The van der Waals surface area contributed by atoms with Gasteiger partial charge in [-0.1, -0.05) is 30.3 Å². The standard InChI is InChI=1S/C14H18N2O2/c15-13(17)10-12-7-9-16(14(12)18)8-6-11-4-2-1-3-5-11/h1-5,12H,6-10H2,(H2,15,17). The Morgan fingerprint density at radius 2 is 2.06 bits per heavy atom. The zero-order chi connectivity index (χ0) is 13.0. The Labute approximate surface area is 107 Å². The van der Waals surface area contributed by atoms with Gasteiger partial charge in [0, 0.05) is 25.4 Å². The summed E-state index contributed by atoms with van der Waals surface area (Å²) in [5, 5.41) is 0. The Balaban J connectivity index is 1.85. The number of carbonyl (C=O) groups excluding carboxylic acids is 2. The first-order chi connectivity index (χ1) is 8.66. The molecule has 1 atom stereocenters. The van der Waals surface area contributed by atoms with Crippen molar-refractivity contribution in [2.45, 2.75) is 19.3 Å². The fourth-order valence-corrected chi connectivity index (χ4v) is 2.37. The molecule has 1 aliphatic heterocycles. The summed E-state index contributed by atoms with van der Waals surface area (Å²) < 4.78 is 0. The quantitative estimate of drug-likeness (QED) is 0.840. The van der Waals surface area contributed by atoms with Gasteiger partial charge in [-0.25, -0.2) is 0 Å². The van der Waals surface area contributed by atoms with Crippen molar-refractivity contribution < 1.29 is 9.59 Å². The second-order valence-electron chi connectivity index (χ2n) is 4.72. The van der Waals surface area contributed by atoms with Gasteiger partial charge in [0.1, 0.15) is 0 Å². The first-order valence-corrected chi connectivity index (χ1v) is 6.28. The van der Waals surface area contributed by atoms with Crippen LogP contribution in [0.1, 0.15) is 18.4 Å². The van der Waals surface area contributed by atoms with E-state index in [2.05, 4.69) is 12.1 Å². The molecule has 1 fully saturated rings. The molecule has 2 amide bonds. The molecule has 0 radical (unpaired) electrons. The van der Waals surface area contributed by atoms with Crippen LogP contribution in [-0.2, 0) is 16.0 Å². The summed E-state index contributed by atoms with van der Waals surface area (Å²) in [5.74, 6) is -0.513. The fraction of sp³-hybridized carbons (Fsp3) is 0.429. The lowest BCUT2D eigenvalue weighted by Crippen LogP contribution is -2.30. The number of primary amides is 1. The highest BCUT2D eigenvalue weighted by molar-refractivity contribution is 5.86. The van der Waals surface area contributed by atoms with Crippen molar-refractivity contribution in [3.63, 3.8) is 0 Å². The van der Waals surface area contributed by atoms with Gasteiger partial charge in [0.05, 0.1) is 0 Å². The molecule has 0 aromatic heterocycles. The summed E-state index contributed by atoms with van der Waals surface area (Å²) in [4.78, 5) is 24.7. The number of nitrogens with zero attached hydrogens (tertiary/aromatic N) is 1. The molecule has 1 aromatic carbocycles. The molecule has 4 heteroatoms. The topological polar surface area (TPSA) is 63.4 Å². The molecule has 0 bridgehead atoms. The molecule has 18 heavy (non-hydrogen) atoms. The van der Waals surface area contributed by atoms with E-state index in [1.165, 1.54) is 5.56 Å². The van der Waals surface area contributed by atoms with Crippen LogP contribution in [0, 0.1) is 5.92 Å². The lowest BCUT2D eigenvalue weighted by atomic mass is 10.0. The summed E-state index contributed by atoms with van der Waals surface area (Å²) in [5.41, 5.74) is 6.36. The molecule has 1 unspecified atom stereocenters. The van der Waals surface area contributed by atoms with Gasteiger partial charge in [-0.3, -0.25) is 9.59 Å². The van der Waals surface area contributed by atoms with E-state index in [1.54, 1.807) is 0 Å². The Morgan fingerprint density at radius 1 is 1.33 bits per heavy atom. The third kappa shape index (κ3) is 3.09. The second-order valence-corrected chi connectivity index (χ2v) is 4.72. The smallest absolute Gasteiger partial charge is 0.226 e. The van der Waals surface area contributed by atoms with Gasteiger partial charge >= 0.3 is 0 Å². The summed E-state index contributed by atoms with van der Waals surface area (Å²) >= 11 is 0. The third-order valence-corrected chi connectivity index (χ3v) is 3.37. The molecule has 1 aromatic rings. The zero-order valence-electron chi connectivity index (χ0n) is 10.3. The van der Waals surface area contributed by atoms with Crippen LogP contribution in [0.4, 0.5) is 0 Å². The van der Waals surface area contributed by atoms with Crippen LogP contribution >= 0.6 is 0 Å². The van der Waals surface area contributed by atoms with E-state index in [4.69, 9.17) is 5.73 Å². The van der Waals surface area contributed by atoms with E-state index in [-0.39, 0.29) is 18.2 Å². The molecule has 1 saturated heterocycles. The van der Waals surface area contributed by atoms with Crippen molar-refractivity contribution in [1.82, 2.24) is 4.90 Å². The molecular weight excluding hydrogens is 228 g/mol. The molecular formula is C14H18N2O2. The van der Waals surface area contributed by atoms with E-state index < -0.39 is 5.91 Å². The molecule has 96 valence electrons. The Bertz CT molecular complexity index is 431. The van der Waals surface area contributed by atoms with Crippen molar-refractivity contribution >= 4 is 11.8 Å². The number of hydrogen-bond acceptors (Lipinski definition) is 2. The summed E-state index contributed by atoms with van der Waals surface area (Å²) in [7, 11) is 0. The van der Waals surface area contributed by atoms with Gasteiger partial charge in [0.2, 0.25) is 11.8 Å². The lowest BCUT2D eigenvalue weighted by Gasteiger charge is -2.16. The molecule has 2 rings (SSSR count). The average molecular weight is 246 g/mol.